The zero-order valence-electron chi connectivity index (χ0n) is 20.0. The molecule has 0 aliphatic heterocycles. The van der Waals surface area contributed by atoms with Crippen LogP contribution in [0, 0.1) is 0 Å². The van der Waals surface area contributed by atoms with Gasteiger partial charge in [-0.1, -0.05) is 6.07 Å². The lowest BCUT2D eigenvalue weighted by Gasteiger charge is -2.15. The van der Waals surface area contributed by atoms with Crippen molar-refractivity contribution < 1.29 is 34.3 Å². The van der Waals surface area contributed by atoms with Gasteiger partial charge in [0.1, 0.15) is 5.75 Å². The van der Waals surface area contributed by atoms with Crippen molar-refractivity contribution in [1.29, 1.82) is 0 Å². The Labute approximate surface area is 207 Å². The van der Waals surface area contributed by atoms with E-state index in [0.29, 0.717) is 34.4 Å². The molecule has 10 nitrogen and oxygen atoms in total. The van der Waals surface area contributed by atoms with E-state index in [1.807, 2.05) is 29.6 Å². The van der Waals surface area contributed by atoms with Crippen LogP contribution in [-0.2, 0) is 9.59 Å². The summed E-state index contributed by atoms with van der Waals surface area (Å²) in [6.45, 7) is 0. The average molecular weight is 502 g/mol. The first-order valence-corrected chi connectivity index (χ1v) is 11.5. The zero-order valence-corrected chi connectivity index (χ0v) is 20.9. The quantitative estimate of drug-likeness (QED) is 0.365. The Morgan fingerprint density at radius 2 is 1.66 bits per heavy atom. The molecule has 0 bridgehead atoms. The molecule has 0 saturated heterocycles. The Hall–Kier alpha value is -3.83. The summed E-state index contributed by atoms with van der Waals surface area (Å²) in [4.78, 5) is 23.7. The third kappa shape index (κ3) is 5.81. The van der Waals surface area contributed by atoms with Crippen LogP contribution in [-0.4, -0.2) is 50.7 Å². The summed E-state index contributed by atoms with van der Waals surface area (Å²) >= 11 is 1.30. The Kier molecular flexibility index (Phi) is 8.50. The fraction of sp³-hybridized carbons (Fsp3) is 0.292. The maximum atomic E-state index is 12.6. The monoisotopic (exact) mass is 501 g/mol. The Bertz CT molecular complexity index is 1190. The Morgan fingerprint density at radius 3 is 2.23 bits per heavy atom. The first kappa shape index (κ1) is 25.8. The highest BCUT2D eigenvalue weighted by Gasteiger charge is 2.22. The van der Waals surface area contributed by atoms with Crippen molar-refractivity contribution in [3.63, 3.8) is 0 Å². The molecule has 1 heterocycles. The number of amides is 2. The fourth-order valence-corrected chi connectivity index (χ4v) is 4.24. The molecule has 1 aromatic heterocycles. The van der Waals surface area contributed by atoms with Gasteiger partial charge in [0.2, 0.25) is 11.7 Å². The third-order valence-electron chi connectivity index (χ3n) is 5.39. The Morgan fingerprint density at radius 1 is 1.00 bits per heavy atom. The van der Waals surface area contributed by atoms with Gasteiger partial charge in [0.05, 0.1) is 39.8 Å². The maximum Gasteiger partial charge on any atom is 0.282 e. The molecule has 2 amide bonds. The van der Waals surface area contributed by atoms with E-state index in [1.54, 1.807) is 27.4 Å². The normalized spacial score (nSPS) is 11.5. The second-order valence-electron chi connectivity index (χ2n) is 7.60. The molecule has 1 atom stereocenters. The van der Waals surface area contributed by atoms with E-state index in [2.05, 4.69) is 15.4 Å². The standard InChI is InChI=1S/C24H28N4O6S/c1-31-18-7-5-13(9-17(18)27-24(30)16(25)6-8-21(26)29)15-12-35-28-22(15)14-10-19(32-2)23(34-4)20(11-14)33-3/h5,7,9-12,16H,6,8,25H2,1-4H3,(H2,26,29)(H,27,30)/p+1/t16-/m0/s1. The van der Waals surface area contributed by atoms with Gasteiger partial charge in [-0.2, -0.15) is 4.37 Å². The van der Waals surface area contributed by atoms with Crippen LogP contribution < -0.4 is 35.7 Å². The molecule has 0 spiro atoms. The smallest absolute Gasteiger partial charge is 0.282 e. The molecule has 0 aliphatic carbocycles. The predicted octanol–water partition coefficient (Wildman–Crippen LogP) is 2.33. The number of methoxy groups -OCH3 is 4. The van der Waals surface area contributed by atoms with E-state index in [-0.39, 0.29) is 18.7 Å². The van der Waals surface area contributed by atoms with Crippen molar-refractivity contribution in [1.82, 2.24) is 4.37 Å². The number of aromatic nitrogens is 1. The first-order chi connectivity index (χ1) is 16.8. The fourth-order valence-electron chi connectivity index (χ4n) is 3.52. The van der Waals surface area contributed by atoms with Crippen LogP contribution in [0.25, 0.3) is 22.4 Å². The highest BCUT2D eigenvalue weighted by Crippen LogP contribution is 2.44. The topological polar surface area (TPSA) is 150 Å². The average Bonchev–Trinajstić information content (AvgIpc) is 3.36. The minimum atomic E-state index is -0.645. The summed E-state index contributed by atoms with van der Waals surface area (Å²) in [7, 11) is 6.18. The molecule has 0 fully saturated rings. The van der Waals surface area contributed by atoms with Gasteiger partial charge in [-0.15, -0.1) is 0 Å². The summed E-state index contributed by atoms with van der Waals surface area (Å²) < 4.78 is 26.4. The Balaban J connectivity index is 1.98. The molecular formula is C24H29N4O6S+. The lowest BCUT2D eigenvalue weighted by Crippen LogP contribution is -2.66. The zero-order chi connectivity index (χ0) is 25.5. The van der Waals surface area contributed by atoms with Crippen molar-refractivity contribution in [2.75, 3.05) is 33.8 Å². The first-order valence-electron chi connectivity index (χ1n) is 10.7. The molecule has 6 N–H and O–H groups in total. The minimum Gasteiger partial charge on any atom is -0.495 e. The number of quaternary nitrogens is 1. The van der Waals surface area contributed by atoms with Crippen molar-refractivity contribution in [3.05, 3.63) is 35.7 Å². The number of rotatable bonds is 11. The summed E-state index contributed by atoms with van der Waals surface area (Å²) in [6.07, 6.45) is 0.334. The lowest BCUT2D eigenvalue weighted by atomic mass is 10.0. The molecule has 3 rings (SSSR count). The molecular weight excluding hydrogens is 472 g/mol. The highest BCUT2D eigenvalue weighted by molar-refractivity contribution is 7.04. The van der Waals surface area contributed by atoms with E-state index in [4.69, 9.17) is 24.7 Å². The van der Waals surface area contributed by atoms with Gasteiger partial charge in [-0.3, -0.25) is 9.59 Å². The van der Waals surface area contributed by atoms with Crippen LogP contribution in [0.2, 0.25) is 0 Å². The van der Waals surface area contributed by atoms with Gasteiger partial charge < -0.3 is 35.7 Å². The summed E-state index contributed by atoms with van der Waals surface area (Å²) in [5, 5.41) is 4.77. The summed E-state index contributed by atoms with van der Waals surface area (Å²) in [5.41, 5.74) is 12.7. The molecule has 2 aromatic carbocycles. The van der Waals surface area contributed by atoms with Gasteiger partial charge >= 0.3 is 0 Å². The molecule has 11 heteroatoms. The van der Waals surface area contributed by atoms with Crippen LogP contribution >= 0.6 is 11.5 Å². The van der Waals surface area contributed by atoms with Crippen LogP contribution in [0.4, 0.5) is 5.69 Å². The van der Waals surface area contributed by atoms with Crippen molar-refractivity contribution >= 4 is 29.0 Å². The molecule has 35 heavy (non-hydrogen) atoms. The molecule has 3 aromatic rings. The van der Waals surface area contributed by atoms with Crippen LogP contribution in [0.5, 0.6) is 23.0 Å². The largest absolute Gasteiger partial charge is 0.495 e. The predicted molar refractivity (Wildman–Crippen MR) is 133 cm³/mol. The second kappa shape index (κ2) is 11.5. The molecule has 0 saturated carbocycles. The SMILES string of the molecule is COc1ccc(-c2csnc2-c2cc(OC)c(OC)c(OC)c2)cc1NC(=O)[C@@H]([NH3+])CCC(N)=O. The van der Waals surface area contributed by atoms with Crippen molar-refractivity contribution in [2.24, 2.45) is 5.73 Å². The third-order valence-corrected chi connectivity index (χ3v) is 6.02. The number of carbonyl (C=O) groups is 2. The number of benzene rings is 2. The number of ether oxygens (including phenoxy) is 4. The maximum absolute atomic E-state index is 12.6. The minimum absolute atomic E-state index is 0.0808. The van der Waals surface area contributed by atoms with E-state index >= 15 is 0 Å². The number of hydrogen-bond acceptors (Lipinski definition) is 8. The van der Waals surface area contributed by atoms with E-state index < -0.39 is 11.9 Å². The number of carbonyl (C=O) groups excluding carboxylic acids is 2. The lowest BCUT2D eigenvalue weighted by molar-refractivity contribution is -0.403. The molecule has 0 radical (unpaired) electrons. The van der Waals surface area contributed by atoms with Gasteiger partial charge in [0, 0.05) is 29.3 Å². The molecule has 0 aliphatic rings. The van der Waals surface area contributed by atoms with Crippen LogP contribution in [0.15, 0.2) is 35.7 Å². The number of nitrogens with zero attached hydrogens (tertiary/aromatic N) is 1. The highest BCUT2D eigenvalue weighted by atomic mass is 32.1. The number of hydrogen-bond donors (Lipinski definition) is 3. The van der Waals surface area contributed by atoms with Crippen LogP contribution in [0.1, 0.15) is 12.8 Å². The second-order valence-corrected chi connectivity index (χ2v) is 8.23. The van der Waals surface area contributed by atoms with Crippen molar-refractivity contribution in [3.8, 4) is 45.4 Å². The number of anilines is 1. The molecule has 186 valence electrons. The van der Waals surface area contributed by atoms with Crippen molar-refractivity contribution in [2.45, 2.75) is 18.9 Å². The molecule has 0 unspecified atom stereocenters. The summed E-state index contributed by atoms with van der Waals surface area (Å²) in [6, 6.07) is 8.48. The summed E-state index contributed by atoms with van der Waals surface area (Å²) in [5.74, 6) is 1.19. The van der Waals surface area contributed by atoms with Gasteiger partial charge in [-0.25, -0.2) is 0 Å². The number of primary amides is 1. The van der Waals surface area contributed by atoms with E-state index in [0.717, 1.165) is 16.7 Å². The number of nitrogens with two attached hydrogens (primary N) is 1. The van der Waals surface area contributed by atoms with Gasteiger partial charge in [-0.05, 0) is 41.4 Å². The van der Waals surface area contributed by atoms with Gasteiger partial charge in [0.25, 0.3) is 5.91 Å². The van der Waals surface area contributed by atoms with Crippen LogP contribution in [0.3, 0.4) is 0 Å². The van der Waals surface area contributed by atoms with E-state index in [1.165, 1.54) is 18.6 Å². The van der Waals surface area contributed by atoms with Gasteiger partial charge in [0.15, 0.2) is 17.5 Å². The number of nitrogens with one attached hydrogen (secondary N) is 1. The van der Waals surface area contributed by atoms with E-state index in [9.17, 15) is 9.59 Å².